The van der Waals surface area contributed by atoms with Crippen LogP contribution in [0.2, 0.25) is 0 Å². The van der Waals surface area contributed by atoms with Crippen molar-refractivity contribution < 1.29 is 52.7 Å². The number of aliphatic carboxylic acids is 1. The molecule has 1 aromatic rings. The van der Waals surface area contributed by atoms with Crippen molar-refractivity contribution in [2.24, 2.45) is 17.3 Å². The highest BCUT2D eigenvalue weighted by Gasteiger charge is 2.24. The van der Waals surface area contributed by atoms with Crippen LogP contribution in [0.15, 0.2) is 18.2 Å². The van der Waals surface area contributed by atoms with Crippen molar-refractivity contribution in [3.8, 4) is 11.5 Å². The molecule has 4 atom stereocenters. The third-order valence-electron chi connectivity index (χ3n) is 6.15. The van der Waals surface area contributed by atoms with Crippen molar-refractivity contribution in [2.45, 2.75) is 100 Å². The molecule has 0 fully saturated rings. The van der Waals surface area contributed by atoms with E-state index in [2.05, 4.69) is 5.32 Å². The number of rotatable bonds is 14. The molecule has 0 aromatic heterocycles. The average molecular weight is 598 g/mol. The maximum atomic E-state index is 12.5. The lowest BCUT2D eigenvalue weighted by atomic mass is 9.99. The van der Waals surface area contributed by atoms with Crippen LogP contribution in [0, 0.1) is 17.3 Å². The molecule has 1 rings (SSSR count). The van der Waals surface area contributed by atoms with Crippen LogP contribution in [0.1, 0.15) is 74.8 Å². The topological polar surface area (TPSA) is 156 Å². The molecule has 3 unspecified atom stereocenters. The minimum atomic E-state index is -1.16. The minimum Gasteiger partial charge on any atom is -0.480 e. The molecule has 0 heterocycles. The first-order valence-corrected chi connectivity index (χ1v) is 14.1. The van der Waals surface area contributed by atoms with E-state index < -0.39 is 48.8 Å². The zero-order chi connectivity index (χ0) is 32.2. The van der Waals surface area contributed by atoms with Crippen LogP contribution < -0.4 is 14.8 Å². The normalized spacial score (nSPS) is 14.4. The van der Waals surface area contributed by atoms with Crippen molar-refractivity contribution in [3.63, 3.8) is 0 Å². The Morgan fingerprint density at radius 1 is 0.786 bits per heavy atom. The van der Waals surface area contributed by atoms with Gasteiger partial charge in [0.25, 0.3) is 0 Å². The maximum absolute atomic E-state index is 12.5. The third kappa shape index (κ3) is 14.4. The van der Waals surface area contributed by atoms with Gasteiger partial charge in [-0.2, -0.15) is 0 Å². The second-order valence-electron chi connectivity index (χ2n) is 12.2. The second kappa shape index (κ2) is 16.8. The van der Waals surface area contributed by atoms with Gasteiger partial charge in [-0.1, -0.05) is 54.5 Å². The van der Waals surface area contributed by atoms with Gasteiger partial charge >= 0.3 is 24.4 Å². The standard InChI is InChI=1S/C30H47NO11/c1-17(2)20(6)39-28(35)41-24-12-11-22(14-25(24)42-29(36)40-21(7)18(3)4)13-23(26(32)33)31-15-19(5)38-27(34)37-16-30(8,9)10/h11-12,14,17-21,23,31H,13,15-16H2,1-10H3,(H,32,33)/t19?,20?,21?,23-/m0/s1. The Kier molecular flexibility index (Phi) is 14.6. The number of hydrogen-bond acceptors (Lipinski definition) is 11. The number of ether oxygens (including phenoxy) is 6. The SMILES string of the molecule is CC(CN[C@@H](Cc1ccc(OC(=O)OC(C)C(C)C)c(OC(=O)OC(C)C(C)C)c1)C(=O)O)OC(=O)OCC(C)(C)C. The van der Waals surface area contributed by atoms with Crippen LogP contribution in [-0.2, 0) is 30.2 Å². The van der Waals surface area contributed by atoms with Gasteiger partial charge in [-0.3, -0.25) is 4.79 Å². The third-order valence-corrected chi connectivity index (χ3v) is 6.15. The number of hydrogen-bond donors (Lipinski definition) is 2. The predicted molar refractivity (Wildman–Crippen MR) is 154 cm³/mol. The van der Waals surface area contributed by atoms with Crippen LogP contribution >= 0.6 is 0 Å². The summed E-state index contributed by atoms with van der Waals surface area (Å²) in [6.45, 7) is 18.5. The molecular formula is C30H47NO11. The number of carboxylic acids is 1. The molecule has 0 aliphatic rings. The molecule has 0 amide bonds. The largest absolute Gasteiger partial charge is 0.514 e. The van der Waals surface area contributed by atoms with Gasteiger partial charge in [0.2, 0.25) is 0 Å². The van der Waals surface area contributed by atoms with E-state index in [4.69, 9.17) is 28.4 Å². The lowest BCUT2D eigenvalue weighted by Crippen LogP contribution is -2.42. The minimum absolute atomic E-state index is 0.0289. The van der Waals surface area contributed by atoms with Crippen molar-refractivity contribution in [3.05, 3.63) is 23.8 Å². The van der Waals surface area contributed by atoms with Gasteiger partial charge in [0.05, 0.1) is 6.61 Å². The van der Waals surface area contributed by atoms with E-state index >= 15 is 0 Å². The summed E-state index contributed by atoms with van der Waals surface area (Å²) in [6.07, 6.45) is -4.43. The molecule has 12 nitrogen and oxygen atoms in total. The van der Waals surface area contributed by atoms with E-state index in [1.807, 2.05) is 48.5 Å². The highest BCUT2D eigenvalue weighted by atomic mass is 16.8. The van der Waals surface area contributed by atoms with Crippen molar-refractivity contribution in [1.82, 2.24) is 5.32 Å². The van der Waals surface area contributed by atoms with E-state index in [1.54, 1.807) is 20.8 Å². The molecule has 0 saturated carbocycles. The number of carbonyl (C=O) groups is 4. The van der Waals surface area contributed by atoms with Gasteiger partial charge in [-0.15, -0.1) is 0 Å². The summed E-state index contributed by atoms with van der Waals surface area (Å²) < 4.78 is 31.4. The Hall–Kier alpha value is -3.54. The van der Waals surface area contributed by atoms with Crippen molar-refractivity contribution in [1.29, 1.82) is 0 Å². The Labute approximate surface area is 248 Å². The van der Waals surface area contributed by atoms with Gasteiger partial charge in [-0.05, 0) is 62.1 Å². The molecule has 42 heavy (non-hydrogen) atoms. The second-order valence-corrected chi connectivity index (χ2v) is 12.2. The quantitative estimate of drug-likeness (QED) is 0.147. The summed E-state index contributed by atoms with van der Waals surface area (Å²) in [7, 11) is 0. The van der Waals surface area contributed by atoms with E-state index in [0.29, 0.717) is 5.56 Å². The average Bonchev–Trinajstić information content (AvgIpc) is 2.85. The first kappa shape index (κ1) is 36.5. The fraction of sp³-hybridized carbons (Fsp3) is 0.667. The first-order valence-electron chi connectivity index (χ1n) is 14.1. The van der Waals surface area contributed by atoms with Gasteiger partial charge in [0.15, 0.2) is 11.5 Å². The van der Waals surface area contributed by atoms with Crippen LogP contribution in [0.3, 0.4) is 0 Å². The maximum Gasteiger partial charge on any atom is 0.514 e. The summed E-state index contributed by atoms with van der Waals surface area (Å²) in [5.74, 6) is -1.33. The Morgan fingerprint density at radius 3 is 1.79 bits per heavy atom. The molecule has 0 aliphatic heterocycles. The van der Waals surface area contributed by atoms with Crippen LogP contribution in [-0.4, -0.2) is 67.0 Å². The molecule has 0 radical (unpaired) electrons. The van der Waals surface area contributed by atoms with Gasteiger partial charge in [-0.25, -0.2) is 14.4 Å². The summed E-state index contributed by atoms with van der Waals surface area (Å²) in [5.41, 5.74) is 0.220. The van der Waals surface area contributed by atoms with Gasteiger partial charge < -0.3 is 38.8 Å². The molecule has 0 spiro atoms. The first-order chi connectivity index (χ1) is 19.4. The summed E-state index contributed by atoms with van der Waals surface area (Å²) in [4.78, 5) is 48.7. The number of carbonyl (C=O) groups excluding carboxylic acids is 3. The molecule has 12 heteroatoms. The van der Waals surface area contributed by atoms with E-state index in [-0.39, 0.29) is 48.3 Å². The highest BCUT2D eigenvalue weighted by Crippen LogP contribution is 2.30. The number of carboxylic acid groups (broad SMARTS) is 1. The molecule has 2 N–H and O–H groups in total. The zero-order valence-electron chi connectivity index (χ0n) is 26.3. The van der Waals surface area contributed by atoms with Gasteiger partial charge in [0, 0.05) is 6.54 Å². The lowest BCUT2D eigenvalue weighted by molar-refractivity contribution is -0.139. The smallest absolute Gasteiger partial charge is 0.480 e. The summed E-state index contributed by atoms with van der Waals surface area (Å²) in [6, 6.07) is 3.20. The highest BCUT2D eigenvalue weighted by molar-refractivity contribution is 5.74. The van der Waals surface area contributed by atoms with E-state index in [1.165, 1.54) is 18.2 Å². The molecule has 0 bridgehead atoms. The van der Waals surface area contributed by atoms with Gasteiger partial charge in [0.1, 0.15) is 24.4 Å². The number of nitrogens with one attached hydrogen (secondary N) is 1. The molecule has 238 valence electrons. The molecule has 0 saturated heterocycles. The van der Waals surface area contributed by atoms with E-state index in [9.17, 15) is 24.3 Å². The zero-order valence-corrected chi connectivity index (χ0v) is 26.3. The van der Waals surface area contributed by atoms with Crippen LogP contribution in [0.5, 0.6) is 11.5 Å². The number of benzene rings is 1. The Balaban J connectivity index is 3.03. The van der Waals surface area contributed by atoms with Crippen molar-refractivity contribution in [2.75, 3.05) is 13.2 Å². The fourth-order valence-corrected chi connectivity index (χ4v) is 2.95. The summed E-state index contributed by atoms with van der Waals surface area (Å²) in [5, 5.41) is 12.6. The summed E-state index contributed by atoms with van der Waals surface area (Å²) >= 11 is 0. The Bertz CT molecular complexity index is 1050. The monoisotopic (exact) mass is 597 g/mol. The van der Waals surface area contributed by atoms with Crippen molar-refractivity contribution >= 4 is 24.4 Å². The van der Waals surface area contributed by atoms with Crippen LogP contribution in [0.25, 0.3) is 0 Å². The molecule has 0 aliphatic carbocycles. The van der Waals surface area contributed by atoms with Crippen LogP contribution in [0.4, 0.5) is 14.4 Å². The van der Waals surface area contributed by atoms with E-state index in [0.717, 1.165) is 0 Å². The Morgan fingerprint density at radius 2 is 1.31 bits per heavy atom. The predicted octanol–water partition coefficient (Wildman–Crippen LogP) is 5.98. The fourth-order valence-electron chi connectivity index (χ4n) is 2.95. The molecule has 1 aromatic carbocycles. The lowest BCUT2D eigenvalue weighted by Gasteiger charge is -2.21. The molecular weight excluding hydrogens is 550 g/mol.